The summed E-state index contributed by atoms with van der Waals surface area (Å²) in [7, 11) is 2.00. The number of nitrogens with zero attached hydrogens (tertiary/aromatic N) is 2. The molecule has 1 fully saturated rings. The summed E-state index contributed by atoms with van der Waals surface area (Å²) in [6.07, 6.45) is 3.97. The molecule has 3 rings (SSSR count). The summed E-state index contributed by atoms with van der Waals surface area (Å²) in [5.41, 5.74) is 7.74. The highest BCUT2D eigenvalue weighted by atomic mass is 16.2. The summed E-state index contributed by atoms with van der Waals surface area (Å²) in [6, 6.07) is 11.1. The summed E-state index contributed by atoms with van der Waals surface area (Å²) in [5.74, 6) is -0.466. The Morgan fingerprint density at radius 3 is 2.83 bits per heavy atom. The number of hydrogen-bond acceptors (Lipinski definition) is 2. The van der Waals surface area contributed by atoms with E-state index in [1.165, 1.54) is 0 Å². The third kappa shape index (κ3) is 3.27. The fraction of sp³-hybridized carbons (Fsp3) is 0.333. The van der Waals surface area contributed by atoms with E-state index in [0.29, 0.717) is 12.1 Å². The van der Waals surface area contributed by atoms with Gasteiger partial charge >= 0.3 is 6.03 Å². The standard InChI is InChI=1S/C18H22N4O2/c1-21-9-3-7-15(21)16-8-4-10-22(16)18(24)20-12-13-5-2-6-14(11-13)17(19)23/h2-3,5-7,9,11,16H,4,8,10,12H2,1H3,(H2,19,23)(H,20,24). The normalized spacial score (nSPS) is 17.0. The van der Waals surface area contributed by atoms with Gasteiger partial charge in [0, 0.05) is 37.6 Å². The van der Waals surface area contributed by atoms with Crippen LogP contribution in [0.5, 0.6) is 0 Å². The molecule has 1 saturated heterocycles. The Balaban J connectivity index is 1.65. The SMILES string of the molecule is Cn1cccc1C1CCCN1C(=O)NCc1cccc(C(N)=O)c1. The van der Waals surface area contributed by atoms with Crippen molar-refractivity contribution in [2.45, 2.75) is 25.4 Å². The minimum absolute atomic E-state index is 0.0804. The molecule has 6 heteroatoms. The molecule has 1 aromatic heterocycles. The zero-order valence-electron chi connectivity index (χ0n) is 13.7. The lowest BCUT2D eigenvalue weighted by Crippen LogP contribution is -2.39. The van der Waals surface area contributed by atoms with E-state index in [9.17, 15) is 9.59 Å². The fourth-order valence-electron chi connectivity index (χ4n) is 3.25. The molecule has 6 nitrogen and oxygen atoms in total. The summed E-state index contributed by atoms with van der Waals surface area (Å²) < 4.78 is 2.06. The van der Waals surface area contributed by atoms with Gasteiger partial charge in [-0.2, -0.15) is 0 Å². The average molecular weight is 326 g/mol. The number of aryl methyl sites for hydroxylation is 1. The number of urea groups is 1. The van der Waals surface area contributed by atoms with Crippen LogP contribution in [-0.4, -0.2) is 28.0 Å². The summed E-state index contributed by atoms with van der Waals surface area (Å²) >= 11 is 0. The Labute approximate surface area is 141 Å². The van der Waals surface area contributed by atoms with Crippen molar-refractivity contribution in [1.82, 2.24) is 14.8 Å². The molecule has 0 saturated carbocycles. The van der Waals surface area contributed by atoms with E-state index in [-0.39, 0.29) is 12.1 Å². The van der Waals surface area contributed by atoms with Gasteiger partial charge < -0.3 is 20.5 Å². The molecule has 0 bridgehead atoms. The third-order valence-electron chi connectivity index (χ3n) is 4.49. The van der Waals surface area contributed by atoms with Gasteiger partial charge in [-0.25, -0.2) is 4.79 Å². The molecule has 2 heterocycles. The first-order valence-corrected chi connectivity index (χ1v) is 8.10. The van der Waals surface area contributed by atoms with Gasteiger partial charge in [0.05, 0.1) is 6.04 Å². The molecule has 3 N–H and O–H groups in total. The third-order valence-corrected chi connectivity index (χ3v) is 4.49. The van der Waals surface area contributed by atoms with Gasteiger partial charge in [-0.05, 0) is 42.7 Å². The second kappa shape index (κ2) is 6.78. The molecule has 0 spiro atoms. The van der Waals surface area contributed by atoms with E-state index in [0.717, 1.165) is 30.6 Å². The van der Waals surface area contributed by atoms with E-state index < -0.39 is 5.91 Å². The Kier molecular flexibility index (Phi) is 4.55. The van der Waals surface area contributed by atoms with Crippen molar-refractivity contribution in [3.63, 3.8) is 0 Å². The van der Waals surface area contributed by atoms with Crippen LogP contribution in [0.15, 0.2) is 42.6 Å². The molecule has 0 aliphatic carbocycles. The van der Waals surface area contributed by atoms with Crippen LogP contribution in [0.4, 0.5) is 4.79 Å². The van der Waals surface area contributed by atoms with Crippen LogP contribution in [0.25, 0.3) is 0 Å². The number of carbonyl (C=O) groups is 2. The Bertz CT molecular complexity index is 753. The van der Waals surface area contributed by atoms with Gasteiger partial charge in [-0.1, -0.05) is 12.1 Å². The first kappa shape index (κ1) is 16.1. The quantitative estimate of drug-likeness (QED) is 0.903. The van der Waals surface area contributed by atoms with E-state index in [4.69, 9.17) is 5.73 Å². The molecular weight excluding hydrogens is 304 g/mol. The number of rotatable bonds is 4. The van der Waals surface area contributed by atoms with Crippen LogP contribution in [0, 0.1) is 0 Å². The van der Waals surface area contributed by atoms with Gasteiger partial charge in [0.2, 0.25) is 5.91 Å². The number of primary amides is 1. The van der Waals surface area contributed by atoms with E-state index >= 15 is 0 Å². The molecule has 1 aliphatic rings. The number of amides is 3. The molecule has 24 heavy (non-hydrogen) atoms. The number of hydrogen-bond donors (Lipinski definition) is 2. The minimum atomic E-state index is -0.466. The van der Waals surface area contributed by atoms with Gasteiger partial charge in [0.15, 0.2) is 0 Å². The Hall–Kier alpha value is -2.76. The number of benzene rings is 1. The molecule has 3 amide bonds. The first-order valence-electron chi connectivity index (χ1n) is 8.10. The fourth-order valence-corrected chi connectivity index (χ4v) is 3.25. The largest absolute Gasteiger partial charge is 0.366 e. The van der Waals surface area contributed by atoms with Crippen molar-refractivity contribution in [1.29, 1.82) is 0 Å². The van der Waals surface area contributed by atoms with Crippen LogP contribution in [-0.2, 0) is 13.6 Å². The molecule has 1 aromatic carbocycles. The van der Waals surface area contributed by atoms with Crippen LogP contribution in [0.3, 0.4) is 0 Å². The number of likely N-dealkylation sites (tertiary alicyclic amines) is 1. The van der Waals surface area contributed by atoms with Crippen LogP contribution < -0.4 is 11.1 Å². The monoisotopic (exact) mass is 326 g/mol. The number of nitrogens with two attached hydrogens (primary N) is 1. The summed E-state index contributed by atoms with van der Waals surface area (Å²) in [5, 5.41) is 2.94. The Morgan fingerprint density at radius 1 is 1.29 bits per heavy atom. The van der Waals surface area contributed by atoms with Gasteiger partial charge in [0.25, 0.3) is 0 Å². The van der Waals surface area contributed by atoms with Crippen LogP contribution in [0.1, 0.15) is 40.5 Å². The van der Waals surface area contributed by atoms with Gasteiger partial charge in [-0.15, -0.1) is 0 Å². The van der Waals surface area contributed by atoms with Crippen molar-refractivity contribution < 1.29 is 9.59 Å². The predicted octanol–water partition coefficient (Wildman–Crippen LogP) is 2.17. The van der Waals surface area contributed by atoms with Crippen LogP contribution in [0.2, 0.25) is 0 Å². The number of nitrogens with one attached hydrogen (secondary N) is 1. The van der Waals surface area contributed by atoms with Gasteiger partial charge in [-0.3, -0.25) is 4.79 Å². The lowest BCUT2D eigenvalue weighted by atomic mass is 10.1. The smallest absolute Gasteiger partial charge is 0.318 e. The zero-order chi connectivity index (χ0) is 17.1. The maximum absolute atomic E-state index is 12.6. The molecule has 126 valence electrons. The highest BCUT2D eigenvalue weighted by Crippen LogP contribution is 2.31. The summed E-state index contributed by atoms with van der Waals surface area (Å²) in [4.78, 5) is 25.7. The topological polar surface area (TPSA) is 80.4 Å². The highest BCUT2D eigenvalue weighted by Gasteiger charge is 2.31. The second-order valence-electron chi connectivity index (χ2n) is 6.12. The minimum Gasteiger partial charge on any atom is -0.366 e. The number of carbonyl (C=O) groups excluding carboxylic acids is 2. The molecule has 1 atom stereocenters. The molecule has 1 aliphatic heterocycles. The van der Waals surface area contributed by atoms with Crippen molar-refractivity contribution in [2.75, 3.05) is 6.54 Å². The lowest BCUT2D eigenvalue weighted by Gasteiger charge is -2.25. The van der Waals surface area contributed by atoms with Crippen molar-refractivity contribution in [3.05, 3.63) is 59.4 Å². The number of aromatic nitrogens is 1. The zero-order valence-corrected chi connectivity index (χ0v) is 13.7. The second-order valence-corrected chi connectivity index (χ2v) is 6.12. The van der Waals surface area contributed by atoms with E-state index in [2.05, 4.69) is 16.0 Å². The van der Waals surface area contributed by atoms with E-state index in [1.807, 2.05) is 30.3 Å². The average Bonchev–Trinajstić information content (AvgIpc) is 3.21. The highest BCUT2D eigenvalue weighted by molar-refractivity contribution is 5.92. The maximum atomic E-state index is 12.6. The predicted molar refractivity (Wildman–Crippen MR) is 91.3 cm³/mol. The van der Waals surface area contributed by atoms with Crippen LogP contribution >= 0.6 is 0 Å². The molecule has 2 aromatic rings. The maximum Gasteiger partial charge on any atom is 0.318 e. The summed E-state index contributed by atoms with van der Waals surface area (Å²) in [6.45, 7) is 1.12. The Morgan fingerprint density at radius 2 is 2.12 bits per heavy atom. The molecule has 1 unspecified atom stereocenters. The lowest BCUT2D eigenvalue weighted by molar-refractivity contribution is 0.1000. The van der Waals surface area contributed by atoms with E-state index in [1.54, 1.807) is 18.2 Å². The molecular formula is C18H22N4O2. The molecule has 0 radical (unpaired) electrons. The van der Waals surface area contributed by atoms with Crippen molar-refractivity contribution in [3.8, 4) is 0 Å². The van der Waals surface area contributed by atoms with Crippen molar-refractivity contribution in [2.24, 2.45) is 12.8 Å². The first-order chi connectivity index (χ1) is 11.6. The van der Waals surface area contributed by atoms with Crippen molar-refractivity contribution >= 4 is 11.9 Å². The van der Waals surface area contributed by atoms with Gasteiger partial charge in [0.1, 0.15) is 0 Å².